The van der Waals surface area contributed by atoms with Gasteiger partial charge in [0.2, 0.25) is 0 Å². The molecule has 0 saturated heterocycles. The number of aryl methyl sites for hydroxylation is 1. The van der Waals surface area contributed by atoms with Crippen molar-refractivity contribution in [2.45, 2.75) is 19.3 Å². The maximum Gasteiger partial charge on any atom is 0.0489 e. The molecule has 19 heavy (non-hydrogen) atoms. The summed E-state index contributed by atoms with van der Waals surface area (Å²) in [6.07, 6.45) is 6.46. The van der Waals surface area contributed by atoms with Gasteiger partial charge in [-0.25, -0.2) is 0 Å². The normalized spacial score (nSPS) is 11.6. The second kappa shape index (κ2) is 6.07. The second-order valence-electron chi connectivity index (χ2n) is 4.80. The summed E-state index contributed by atoms with van der Waals surface area (Å²) in [4.78, 5) is 0. The van der Waals surface area contributed by atoms with Crippen molar-refractivity contribution >= 4 is 5.57 Å². The van der Waals surface area contributed by atoms with Crippen LogP contribution in [0.1, 0.15) is 29.0 Å². The van der Waals surface area contributed by atoms with Gasteiger partial charge in [0.05, 0.1) is 0 Å². The van der Waals surface area contributed by atoms with Crippen LogP contribution < -0.4 is 0 Å². The van der Waals surface area contributed by atoms with Crippen molar-refractivity contribution in [2.75, 3.05) is 0 Å². The van der Waals surface area contributed by atoms with Crippen LogP contribution in [0.15, 0.2) is 61.2 Å². The molecule has 0 bridgehead atoms. The molecule has 2 rings (SSSR count). The van der Waals surface area contributed by atoms with Crippen LogP contribution in [0, 0.1) is 19.3 Å². The van der Waals surface area contributed by atoms with E-state index >= 15 is 0 Å². The second-order valence-corrected chi connectivity index (χ2v) is 4.80. The Morgan fingerprint density at radius 1 is 1.11 bits per heavy atom. The highest BCUT2D eigenvalue weighted by atomic mass is 14.1. The van der Waals surface area contributed by atoms with Crippen LogP contribution >= 0.6 is 0 Å². The minimum Gasteiger partial charge on any atom is -0.119 e. The number of hydrogen-bond acceptors (Lipinski definition) is 0. The Balaban J connectivity index is 2.13. The highest BCUT2D eigenvalue weighted by Crippen LogP contribution is 2.27. The highest BCUT2D eigenvalue weighted by Gasteiger charge is 2.10. The van der Waals surface area contributed by atoms with Crippen LogP contribution in [0.4, 0.5) is 0 Å². The Morgan fingerprint density at radius 2 is 1.74 bits per heavy atom. The fourth-order valence-electron chi connectivity index (χ4n) is 2.11. The van der Waals surface area contributed by atoms with Crippen LogP contribution in [0.3, 0.4) is 0 Å². The monoisotopic (exact) mass is 246 g/mol. The van der Waals surface area contributed by atoms with E-state index in [1.165, 1.54) is 16.7 Å². The van der Waals surface area contributed by atoms with Crippen molar-refractivity contribution in [3.8, 4) is 12.3 Å². The Morgan fingerprint density at radius 3 is 2.32 bits per heavy atom. The number of benzene rings is 2. The summed E-state index contributed by atoms with van der Waals surface area (Å²) in [6, 6.07) is 18.6. The average Bonchev–Trinajstić information content (AvgIpc) is 2.46. The molecule has 0 nitrogen and oxygen atoms in total. The Labute approximate surface area is 115 Å². The van der Waals surface area contributed by atoms with Gasteiger partial charge in [-0.05, 0) is 30.0 Å². The van der Waals surface area contributed by atoms with E-state index in [0.29, 0.717) is 0 Å². The molecular weight excluding hydrogens is 228 g/mol. The fourth-order valence-corrected chi connectivity index (χ4v) is 2.11. The molecule has 0 radical (unpaired) electrons. The summed E-state index contributed by atoms with van der Waals surface area (Å²) in [7, 11) is 0. The van der Waals surface area contributed by atoms with Crippen molar-refractivity contribution in [3.63, 3.8) is 0 Å². The molecule has 0 spiro atoms. The molecule has 2 aromatic carbocycles. The Bertz CT molecular complexity index is 582. The summed E-state index contributed by atoms with van der Waals surface area (Å²) >= 11 is 0. The van der Waals surface area contributed by atoms with Gasteiger partial charge in [0.25, 0.3) is 0 Å². The van der Waals surface area contributed by atoms with E-state index < -0.39 is 0 Å². The van der Waals surface area contributed by atoms with Gasteiger partial charge < -0.3 is 0 Å². The third kappa shape index (κ3) is 3.36. The maximum atomic E-state index is 5.66. The van der Waals surface area contributed by atoms with Crippen molar-refractivity contribution in [2.24, 2.45) is 0 Å². The lowest BCUT2D eigenvalue weighted by Gasteiger charge is -2.13. The predicted octanol–water partition coefficient (Wildman–Crippen LogP) is 4.82. The Hall–Kier alpha value is -2.26. The smallest absolute Gasteiger partial charge is 0.0489 e. The standard InChI is InChI=1S/C19H18/c1-4-17(19-8-6-5-7-9-19)14-16(3)18-12-10-15(2)11-13-18/h1,5-13,17H,3,14H2,2H3. The molecule has 0 heterocycles. The average molecular weight is 246 g/mol. The lowest BCUT2D eigenvalue weighted by molar-refractivity contribution is 0.908. The van der Waals surface area contributed by atoms with Gasteiger partial charge in [0.1, 0.15) is 0 Å². The van der Waals surface area contributed by atoms with E-state index in [2.05, 4.69) is 55.8 Å². The molecule has 94 valence electrons. The van der Waals surface area contributed by atoms with Crippen molar-refractivity contribution in [1.82, 2.24) is 0 Å². The van der Waals surface area contributed by atoms with Crippen LogP contribution in [-0.4, -0.2) is 0 Å². The number of rotatable bonds is 4. The molecule has 1 atom stereocenters. The minimum absolute atomic E-state index is 0.0926. The summed E-state index contributed by atoms with van der Waals surface area (Å²) in [5.74, 6) is 2.96. The molecule has 1 unspecified atom stereocenters. The maximum absolute atomic E-state index is 5.66. The van der Waals surface area contributed by atoms with E-state index in [1.807, 2.05) is 18.2 Å². The number of terminal acetylenes is 1. The lowest BCUT2D eigenvalue weighted by atomic mass is 9.90. The summed E-state index contributed by atoms with van der Waals surface area (Å²) in [5.41, 5.74) is 4.69. The topological polar surface area (TPSA) is 0 Å². The van der Waals surface area contributed by atoms with E-state index in [-0.39, 0.29) is 5.92 Å². The molecule has 0 saturated carbocycles. The van der Waals surface area contributed by atoms with Crippen LogP contribution in [0.25, 0.3) is 5.57 Å². The van der Waals surface area contributed by atoms with E-state index in [9.17, 15) is 0 Å². The largest absolute Gasteiger partial charge is 0.119 e. The number of hydrogen-bond donors (Lipinski definition) is 0. The van der Waals surface area contributed by atoms with Gasteiger partial charge in [0.15, 0.2) is 0 Å². The Kier molecular flexibility index (Phi) is 4.21. The van der Waals surface area contributed by atoms with Crippen LogP contribution in [-0.2, 0) is 0 Å². The van der Waals surface area contributed by atoms with E-state index in [4.69, 9.17) is 6.42 Å². The molecule has 0 aliphatic carbocycles. The van der Waals surface area contributed by atoms with Gasteiger partial charge in [-0.15, -0.1) is 6.42 Å². The summed E-state index contributed by atoms with van der Waals surface area (Å²) in [5, 5.41) is 0. The molecule has 0 amide bonds. The van der Waals surface area contributed by atoms with Crippen LogP contribution in [0.2, 0.25) is 0 Å². The first kappa shape index (κ1) is 13.2. The summed E-state index contributed by atoms with van der Waals surface area (Å²) in [6.45, 7) is 6.26. The molecule has 0 aliphatic heterocycles. The van der Waals surface area contributed by atoms with E-state index in [0.717, 1.165) is 12.0 Å². The predicted molar refractivity (Wildman–Crippen MR) is 82.8 cm³/mol. The molecule has 0 heteroatoms. The molecule has 0 N–H and O–H groups in total. The van der Waals surface area contributed by atoms with Gasteiger partial charge >= 0.3 is 0 Å². The first-order valence-electron chi connectivity index (χ1n) is 6.46. The third-order valence-electron chi connectivity index (χ3n) is 3.31. The molecule has 0 aromatic heterocycles. The molecule has 2 aromatic rings. The van der Waals surface area contributed by atoms with Crippen molar-refractivity contribution in [1.29, 1.82) is 0 Å². The van der Waals surface area contributed by atoms with Gasteiger partial charge in [-0.1, -0.05) is 72.7 Å². The van der Waals surface area contributed by atoms with Gasteiger partial charge in [-0.3, -0.25) is 0 Å². The lowest BCUT2D eigenvalue weighted by Crippen LogP contribution is -1.97. The number of allylic oxidation sites excluding steroid dienone is 1. The third-order valence-corrected chi connectivity index (χ3v) is 3.31. The molecular formula is C19H18. The van der Waals surface area contributed by atoms with Crippen molar-refractivity contribution < 1.29 is 0 Å². The van der Waals surface area contributed by atoms with E-state index in [1.54, 1.807) is 0 Å². The SMILES string of the molecule is C#CC(CC(=C)c1ccc(C)cc1)c1ccccc1. The zero-order valence-corrected chi connectivity index (χ0v) is 11.3. The zero-order chi connectivity index (χ0) is 13.7. The van der Waals surface area contributed by atoms with Crippen molar-refractivity contribution in [3.05, 3.63) is 77.9 Å². The highest BCUT2D eigenvalue weighted by molar-refractivity contribution is 5.65. The molecule has 0 aliphatic rings. The summed E-state index contributed by atoms with van der Waals surface area (Å²) < 4.78 is 0. The zero-order valence-electron chi connectivity index (χ0n) is 11.3. The first-order chi connectivity index (χ1) is 9.20. The minimum atomic E-state index is 0.0926. The van der Waals surface area contributed by atoms with Gasteiger partial charge in [0, 0.05) is 5.92 Å². The van der Waals surface area contributed by atoms with Crippen LogP contribution in [0.5, 0.6) is 0 Å². The molecule has 0 fully saturated rings. The fraction of sp³-hybridized carbons (Fsp3) is 0.158. The quantitative estimate of drug-likeness (QED) is 0.679. The van der Waals surface area contributed by atoms with Gasteiger partial charge in [-0.2, -0.15) is 0 Å². The first-order valence-corrected chi connectivity index (χ1v) is 6.46.